The summed E-state index contributed by atoms with van der Waals surface area (Å²) in [6, 6.07) is 18.5. The lowest BCUT2D eigenvalue weighted by molar-refractivity contribution is -0.138. The molecular weight excluding hydrogens is 478 g/mol. The fourth-order valence-corrected chi connectivity index (χ4v) is 5.26. The first-order valence-corrected chi connectivity index (χ1v) is 13.1. The average molecular weight is 506 g/mol. The third-order valence-corrected chi connectivity index (χ3v) is 7.20. The molecule has 0 unspecified atom stereocenters. The normalized spacial score (nSPS) is 18.1. The van der Waals surface area contributed by atoms with Gasteiger partial charge in [-0.25, -0.2) is 4.98 Å². The highest BCUT2D eigenvalue weighted by molar-refractivity contribution is 7.80. The molecule has 2 aliphatic rings. The summed E-state index contributed by atoms with van der Waals surface area (Å²) in [6.07, 6.45) is 3.55. The summed E-state index contributed by atoms with van der Waals surface area (Å²) in [7, 11) is 0. The maximum Gasteiger partial charge on any atom is 0.250 e. The molecule has 0 radical (unpaired) electrons. The number of aromatic nitrogens is 1. The van der Waals surface area contributed by atoms with Crippen molar-refractivity contribution in [1.29, 1.82) is 0 Å². The minimum absolute atomic E-state index is 0.155. The minimum atomic E-state index is -0.659. The number of hydrogen-bond acceptors (Lipinski definition) is 5. The van der Waals surface area contributed by atoms with E-state index < -0.39 is 12.1 Å². The molecule has 2 fully saturated rings. The zero-order valence-corrected chi connectivity index (χ0v) is 20.8. The number of amides is 2. The van der Waals surface area contributed by atoms with Crippen LogP contribution in [0.3, 0.4) is 0 Å². The summed E-state index contributed by atoms with van der Waals surface area (Å²) < 4.78 is 0. The lowest BCUT2D eigenvalue weighted by Gasteiger charge is -2.29. The second-order valence-electron chi connectivity index (χ2n) is 8.82. The van der Waals surface area contributed by atoms with Gasteiger partial charge < -0.3 is 20.9 Å². The topological polar surface area (TPSA) is 86.4 Å². The van der Waals surface area contributed by atoms with Crippen molar-refractivity contribution in [2.45, 2.75) is 43.8 Å². The van der Waals surface area contributed by atoms with Crippen molar-refractivity contribution >= 4 is 45.6 Å². The Morgan fingerprint density at radius 1 is 1.03 bits per heavy atom. The molecule has 5 rings (SSSR count). The highest BCUT2D eigenvalue weighted by Gasteiger charge is 2.38. The molecule has 0 spiro atoms. The number of nitrogens with one attached hydrogen (secondary N) is 3. The van der Waals surface area contributed by atoms with Crippen molar-refractivity contribution in [3.63, 3.8) is 0 Å². The van der Waals surface area contributed by atoms with Crippen LogP contribution in [0, 0.1) is 0 Å². The molecule has 1 aliphatic heterocycles. The SMILES string of the molecule is O=C(Nc1nc(-c2ccccc2)cs1)[C@@H]1CCCN1C(=O)[C@H](NC(=S)NC1CC1)c1ccccc1. The van der Waals surface area contributed by atoms with E-state index in [0.717, 1.165) is 36.1 Å². The van der Waals surface area contributed by atoms with Crippen LogP contribution in [-0.2, 0) is 9.59 Å². The van der Waals surface area contributed by atoms with Crippen LogP contribution >= 0.6 is 23.6 Å². The van der Waals surface area contributed by atoms with E-state index in [2.05, 4.69) is 20.9 Å². The van der Waals surface area contributed by atoms with Gasteiger partial charge in [0.05, 0.1) is 5.69 Å². The first kappa shape index (κ1) is 23.4. The lowest BCUT2D eigenvalue weighted by Crippen LogP contribution is -2.50. The predicted molar refractivity (Wildman–Crippen MR) is 142 cm³/mol. The van der Waals surface area contributed by atoms with Crippen LogP contribution in [0.5, 0.6) is 0 Å². The largest absolute Gasteiger partial charge is 0.360 e. The van der Waals surface area contributed by atoms with E-state index in [0.29, 0.717) is 29.3 Å². The summed E-state index contributed by atoms with van der Waals surface area (Å²) in [6.45, 7) is 0.526. The van der Waals surface area contributed by atoms with E-state index in [1.165, 1.54) is 11.3 Å². The molecule has 180 valence electrons. The Kier molecular flexibility index (Phi) is 7.06. The monoisotopic (exact) mass is 505 g/mol. The summed E-state index contributed by atoms with van der Waals surface area (Å²) in [5, 5.41) is 12.3. The van der Waals surface area contributed by atoms with Gasteiger partial charge in [-0.15, -0.1) is 11.3 Å². The molecule has 7 nitrogen and oxygen atoms in total. The smallest absolute Gasteiger partial charge is 0.250 e. The van der Waals surface area contributed by atoms with Gasteiger partial charge in [-0.1, -0.05) is 60.7 Å². The Morgan fingerprint density at radius 2 is 1.74 bits per heavy atom. The minimum Gasteiger partial charge on any atom is -0.360 e. The number of benzene rings is 2. The van der Waals surface area contributed by atoms with Crippen molar-refractivity contribution in [2.75, 3.05) is 11.9 Å². The zero-order valence-electron chi connectivity index (χ0n) is 19.1. The highest BCUT2D eigenvalue weighted by Crippen LogP contribution is 2.28. The van der Waals surface area contributed by atoms with E-state index in [1.54, 1.807) is 4.90 Å². The summed E-state index contributed by atoms with van der Waals surface area (Å²) in [4.78, 5) is 33.2. The molecule has 35 heavy (non-hydrogen) atoms. The summed E-state index contributed by atoms with van der Waals surface area (Å²) >= 11 is 6.85. The molecule has 1 aromatic heterocycles. The van der Waals surface area contributed by atoms with Crippen LogP contribution < -0.4 is 16.0 Å². The number of carbonyl (C=O) groups is 2. The maximum atomic E-state index is 13.7. The fraction of sp³-hybridized carbons (Fsp3) is 0.308. The lowest BCUT2D eigenvalue weighted by atomic mass is 10.0. The molecule has 3 N–H and O–H groups in total. The molecule has 2 atom stereocenters. The first-order chi connectivity index (χ1) is 17.1. The van der Waals surface area contributed by atoms with Gasteiger partial charge in [-0.3, -0.25) is 9.59 Å². The van der Waals surface area contributed by atoms with Gasteiger partial charge in [0, 0.05) is 23.5 Å². The van der Waals surface area contributed by atoms with E-state index in [1.807, 2.05) is 66.0 Å². The number of carbonyl (C=O) groups excluding carboxylic acids is 2. The van der Waals surface area contributed by atoms with Crippen molar-refractivity contribution in [3.05, 3.63) is 71.6 Å². The molecular formula is C26H27N5O2S2. The van der Waals surface area contributed by atoms with E-state index in [-0.39, 0.29) is 11.8 Å². The zero-order chi connectivity index (χ0) is 24.2. The third kappa shape index (κ3) is 5.68. The van der Waals surface area contributed by atoms with Crippen LogP contribution in [0.25, 0.3) is 11.3 Å². The van der Waals surface area contributed by atoms with Gasteiger partial charge in [0.2, 0.25) is 11.8 Å². The Morgan fingerprint density at radius 3 is 2.46 bits per heavy atom. The average Bonchev–Trinajstić information content (AvgIpc) is 3.35. The van der Waals surface area contributed by atoms with E-state index in [9.17, 15) is 9.59 Å². The summed E-state index contributed by atoms with van der Waals surface area (Å²) in [5.41, 5.74) is 2.63. The fourth-order valence-electron chi connectivity index (χ4n) is 4.25. The first-order valence-electron chi connectivity index (χ1n) is 11.8. The molecule has 3 aromatic rings. The van der Waals surface area contributed by atoms with Crippen molar-refractivity contribution in [2.24, 2.45) is 0 Å². The standard InChI is InChI=1S/C26H27N5O2S2/c32-23(30-26-28-20(16-35-26)17-8-3-1-4-9-17)21-12-7-15-31(21)24(33)22(18-10-5-2-6-11-18)29-25(34)27-19-13-14-19/h1-6,8-11,16,19,21-22H,7,12-15H2,(H2,27,29,34)(H,28,30,32)/t21-,22+/m0/s1. The Bertz CT molecular complexity index is 1200. The van der Waals surface area contributed by atoms with Crippen LogP contribution in [-0.4, -0.2) is 45.4 Å². The predicted octanol–water partition coefficient (Wildman–Crippen LogP) is 4.11. The number of thiocarbonyl (C=S) groups is 1. The number of nitrogens with zero attached hydrogens (tertiary/aromatic N) is 2. The quantitative estimate of drug-likeness (QED) is 0.419. The van der Waals surface area contributed by atoms with Gasteiger partial charge in [-0.05, 0) is 43.5 Å². The second-order valence-corrected chi connectivity index (χ2v) is 10.1. The second kappa shape index (κ2) is 10.5. The molecule has 2 aromatic carbocycles. The van der Waals surface area contributed by atoms with Gasteiger partial charge in [0.15, 0.2) is 10.2 Å². The van der Waals surface area contributed by atoms with Crippen LogP contribution in [0.2, 0.25) is 0 Å². The van der Waals surface area contributed by atoms with Crippen LogP contribution in [0.1, 0.15) is 37.3 Å². The van der Waals surface area contributed by atoms with Gasteiger partial charge >= 0.3 is 0 Å². The Labute approximate surface area is 213 Å². The van der Waals surface area contributed by atoms with Crippen molar-refractivity contribution < 1.29 is 9.59 Å². The summed E-state index contributed by atoms with van der Waals surface area (Å²) in [5.74, 6) is -0.367. The van der Waals surface area contributed by atoms with Crippen LogP contribution in [0.15, 0.2) is 66.0 Å². The van der Waals surface area contributed by atoms with Gasteiger partial charge in [-0.2, -0.15) is 0 Å². The molecule has 1 saturated heterocycles. The number of hydrogen-bond donors (Lipinski definition) is 3. The molecule has 9 heteroatoms. The molecule has 1 aliphatic carbocycles. The Balaban J connectivity index is 1.29. The van der Waals surface area contributed by atoms with E-state index >= 15 is 0 Å². The number of anilines is 1. The van der Waals surface area contributed by atoms with Crippen LogP contribution in [0.4, 0.5) is 5.13 Å². The molecule has 0 bridgehead atoms. The number of rotatable bonds is 7. The van der Waals surface area contributed by atoms with Crippen molar-refractivity contribution in [3.8, 4) is 11.3 Å². The van der Waals surface area contributed by atoms with Gasteiger partial charge in [0.1, 0.15) is 12.1 Å². The Hall–Kier alpha value is -3.30. The number of thiazole rings is 1. The number of likely N-dealkylation sites (tertiary alicyclic amines) is 1. The van der Waals surface area contributed by atoms with Crippen molar-refractivity contribution in [1.82, 2.24) is 20.5 Å². The molecule has 2 amide bonds. The van der Waals surface area contributed by atoms with E-state index in [4.69, 9.17) is 12.2 Å². The third-order valence-electron chi connectivity index (χ3n) is 6.21. The van der Waals surface area contributed by atoms with Gasteiger partial charge in [0.25, 0.3) is 0 Å². The molecule has 1 saturated carbocycles. The molecule has 2 heterocycles. The highest BCUT2D eigenvalue weighted by atomic mass is 32.1. The maximum absolute atomic E-state index is 13.7.